The van der Waals surface area contributed by atoms with E-state index in [1.165, 1.54) is 6.07 Å². The maximum atomic E-state index is 13.9. The Labute approximate surface area is 177 Å². The van der Waals surface area contributed by atoms with Crippen LogP contribution in [0.15, 0.2) is 24.3 Å². The monoisotopic (exact) mass is 411 g/mol. The van der Waals surface area contributed by atoms with Crippen molar-refractivity contribution in [2.75, 3.05) is 32.5 Å². The van der Waals surface area contributed by atoms with E-state index in [1.54, 1.807) is 12.1 Å². The molecule has 2 aliphatic rings. The van der Waals surface area contributed by atoms with Crippen molar-refractivity contribution >= 4 is 11.7 Å². The molecule has 1 aromatic heterocycles. The van der Waals surface area contributed by atoms with Crippen LogP contribution < -0.4 is 5.32 Å². The van der Waals surface area contributed by atoms with Crippen LogP contribution in [-0.2, 0) is 24.2 Å². The molecule has 0 spiro atoms. The smallest absolute Gasteiger partial charge is 0.223 e. The molecule has 1 unspecified atom stereocenters. The van der Waals surface area contributed by atoms with Gasteiger partial charge in [0.2, 0.25) is 5.91 Å². The molecule has 1 saturated heterocycles. The first kappa shape index (κ1) is 20.7. The minimum Gasteiger partial charge on any atom is -0.373 e. The quantitative estimate of drug-likeness (QED) is 0.818. The van der Waals surface area contributed by atoms with Crippen LogP contribution in [0.25, 0.3) is 0 Å². The third-order valence-electron chi connectivity index (χ3n) is 6.19. The highest BCUT2D eigenvalue weighted by Crippen LogP contribution is 2.32. The van der Waals surface area contributed by atoms with Gasteiger partial charge in [0.15, 0.2) is 5.82 Å². The molecule has 6 nitrogen and oxygen atoms in total. The molecule has 1 amide bonds. The van der Waals surface area contributed by atoms with E-state index in [0.717, 1.165) is 61.7 Å². The third kappa shape index (κ3) is 4.31. The van der Waals surface area contributed by atoms with E-state index in [1.807, 2.05) is 18.0 Å². The summed E-state index contributed by atoms with van der Waals surface area (Å²) in [5.74, 6) is 1.41. The fourth-order valence-corrected chi connectivity index (χ4v) is 4.51. The molecule has 30 heavy (non-hydrogen) atoms. The molecule has 1 atom stereocenters. The summed E-state index contributed by atoms with van der Waals surface area (Å²) in [5.41, 5.74) is 2.83. The van der Waals surface area contributed by atoms with Crippen molar-refractivity contribution < 1.29 is 9.18 Å². The number of likely N-dealkylation sites (tertiary alicyclic amines) is 1. The lowest BCUT2D eigenvalue weighted by Crippen LogP contribution is -2.40. The molecule has 1 N–H and O–H groups in total. The third-order valence-corrected chi connectivity index (χ3v) is 6.19. The molecule has 0 saturated carbocycles. The number of nitrogens with zero attached hydrogens (tertiary/aromatic N) is 4. The van der Waals surface area contributed by atoms with E-state index in [0.29, 0.717) is 24.9 Å². The molecule has 2 aromatic rings. The number of rotatable bonds is 5. The Hall–Kier alpha value is -2.54. The minimum atomic E-state index is -0.248. The number of fused-ring (bicyclic) bond motifs is 1. The van der Waals surface area contributed by atoms with E-state index in [-0.39, 0.29) is 17.8 Å². The lowest BCUT2D eigenvalue weighted by molar-refractivity contribution is -0.135. The zero-order valence-electron chi connectivity index (χ0n) is 17.8. The van der Waals surface area contributed by atoms with Crippen molar-refractivity contribution in [2.24, 2.45) is 0 Å². The van der Waals surface area contributed by atoms with Crippen LogP contribution in [0, 0.1) is 5.82 Å². The van der Waals surface area contributed by atoms with Crippen LogP contribution in [0.5, 0.6) is 0 Å². The standard InChI is InChI=1S/C23H30FN5O/c1-25-22-17-15-28(2)14-12-19(17)26-23(27-22)20-9-5-6-13-29(20)21(30)11-10-16-7-3-4-8-18(16)24/h3-4,7-8,20H,5-6,9-15H2,1-2H3,(H,25,26,27). The number of halogens is 1. The number of anilines is 1. The van der Waals surface area contributed by atoms with Gasteiger partial charge in [-0.2, -0.15) is 0 Å². The Morgan fingerprint density at radius 3 is 2.87 bits per heavy atom. The van der Waals surface area contributed by atoms with E-state index in [9.17, 15) is 9.18 Å². The van der Waals surface area contributed by atoms with Gasteiger partial charge in [0, 0.05) is 45.1 Å². The van der Waals surface area contributed by atoms with Gasteiger partial charge in [-0.1, -0.05) is 18.2 Å². The molecule has 7 heteroatoms. The number of piperidine rings is 1. The Bertz CT molecular complexity index is 901. The molecule has 1 fully saturated rings. The van der Waals surface area contributed by atoms with Gasteiger partial charge in [-0.05, 0) is 44.4 Å². The number of carbonyl (C=O) groups is 1. The number of aromatic nitrogens is 2. The summed E-state index contributed by atoms with van der Waals surface area (Å²) in [6, 6.07) is 6.57. The SMILES string of the molecule is CNc1nc(C2CCCCN2C(=O)CCc2ccccc2F)nc2c1CN(C)CC2. The van der Waals surface area contributed by atoms with E-state index in [2.05, 4.69) is 17.3 Å². The molecule has 2 aliphatic heterocycles. The second kappa shape index (κ2) is 9.08. The molecular weight excluding hydrogens is 381 g/mol. The van der Waals surface area contributed by atoms with Gasteiger partial charge < -0.3 is 15.1 Å². The maximum absolute atomic E-state index is 13.9. The van der Waals surface area contributed by atoms with Gasteiger partial charge in [0.25, 0.3) is 0 Å². The van der Waals surface area contributed by atoms with Gasteiger partial charge in [0.05, 0.1) is 11.7 Å². The van der Waals surface area contributed by atoms with Crippen molar-refractivity contribution in [3.8, 4) is 0 Å². The zero-order valence-corrected chi connectivity index (χ0v) is 17.8. The van der Waals surface area contributed by atoms with Crippen molar-refractivity contribution in [3.63, 3.8) is 0 Å². The Morgan fingerprint density at radius 1 is 1.23 bits per heavy atom. The van der Waals surface area contributed by atoms with Crippen molar-refractivity contribution in [3.05, 3.63) is 52.7 Å². The van der Waals surface area contributed by atoms with Crippen LogP contribution in [0.4, 0.5) is 10.2 Å². The number of nitrogens with one attached hydrogen (secondary N) is 1. The second-order valence-electron chi connectivity index (χ2n) is 8.28. The topological polar surface area (TPSA) is 61.4 Å². The van der Waals surface area contributed by atoms with Crippen LogP contribution in [0.3, 0.4) is 0 Å². The molecule has 160 valence electrons. The van der Waals surface area contributed by atoms with Gasteiger partial charge in [-0.25, -0.2) is 14.4 Å². The number of benzene rings is 1. The largest absolute Gasteiger partial charge is 0.373 e. The molecule has 0 aliphatic carbocycles. The fraction of sp³-hybridized carbons (Fsp3) is 0.522. The van der Waals surface area contributed by atoms with Gasteiger partial charge in [0.1, 0.15) is 11.6 Å². The van der Waals surface area contributed by atoms with Gasteiger partial charge in [-0.15, -0.1) is 0 Å². The maximum Gasteiger partial charge on any atom is 0.223 e. The summed E-state index contributed by atoms with van der Waals surface area (Å²) in [5, 5.41) is 3.23. The summed E-state index contributed by atoms with van der Waals surface area (Å²) >= 11 is 0. The molecule has 0 bridgehead atoms. The number of amides is 1. The Morgan fingerprint density at radius 2 is 2.07 bits per heavy atom. The van der Waals surface area contributed by atoms with E-state index >= 15 is 0 Å². The van der Waals surface area contributed by atoms with Crippen LogP contribution in [-0.4, -0.2) is 52.9 Å². The van der Waals surface area contributed by atoms with Crippen LogP contribution in [0.2, 0.25) is 0 Å². The number of hydrogen-bond donors (Lipinski definition) is 1. The molecule has 1 aromatic carbocycles. The Kier molecular flexibility index (Phi) is 6.27. The van der Waals surface area contributed by atoms with E-state index < -0.39 is 0 Å². The van der Waals surface area contributed by atoms with Crippen LogP contribution >= 0.6 is 0 Å². The molecule has 0 radical (unpaired) electrons. The predicted molar refractivity (Wildman–Crippen MR) is 115 cm³/mol. The predicted octanol–water partition coefficient (Wildman–Crippen LogP) is 3.33. The normalized spacial score (nSPS) is 19.4. The number of likely N-dealkylation sites (N-methyl/N-ethyl adjacent to an activating group) is 1. The van der Waals surface area contributed by atoms with Crippen molar-refractivity contribution in [1.29, 1.82) is 0 Å². The lowest BCUT2D eigenvalue weighted by Gasteiger charge is -2.36. The lowest BCUT2D eigenvalue weighted by atomic mass is 9.99. The summed E-state index contributed by atoms with van der Waals surface area (Å²) in [4.78, 5) is 27.0. The fourth-order valence-electron chi connectivity index (χ4n) is 4.51. The van der Waals surface area contributed by atoms with E-state index in [4.69, 9.17) is 9.97 Å². The average Bonchev–Trinajstić information content (AvgIpc) is 2.77. The first-order valence-corrected chi connectivity index (χ1v) is 10.9. The van der Waals surface area contributed by atoms with Gasteiger partial charge in [-0.3, -0.25) is 4.79 Å². The highest BCUT2D eigenvalue weighted by atomic mass is 19.1. The number of hydrogen-bond acceptors (Lipinski definition) is 5. The summed E-state index contributed by atoms with van der Waals surface area (Å²) < 4.78 is 13.9. The van der Waals surface area contributed by atoms with Gasteiger partial charge >= 0.3 is 0 Å². The molecule has 3 heterocycles. The van der Waals surface area contributed by atoms with Crippen molar-refractivity contribution in [2.45, 2.75) is 51.1 Å². The number of aryl methyl sites for hydroxylation is 1. The summed E-state index contributed by atoms with van der Waals surface area (Å²) in [6.07, 6.45) is 4.51. The van der Waals surface area contributed by atoms with Crippen molar-refractivity contribution in [1.82, 2.24) is 19.8 Å². The minimum absolute atomic E-state index is 0.0509. The molecule has 4 rings (SSSR count). The second-order valence-corrected chi connectivity index (χ2v) is 8.28. The number of carbonyl (C=O) groups excluding carboxylic acids is 1. The van der Waals surface area contributed by atoms with Crippen LogP contribution in [0.1, 0.15) is 54.4 Å². The first-order valence-electron chi connectivity index (χ1n) is 10.9. The highest BCUT2D eigenvalue weighted by molar-refractivity contribution is 5.77. The zero-order chi connectivity index (χ0) is 21.1. The average molecular weight is 412 g/mol. The summed E-state index contributed by atoms with van der Waals surface area (Å²) in [6.45, 7) is 2.52. The summed E-state index contributed by atoms with van der Waals surface area (Å²) in [7, 11) is 3.99. The first-order chi connectivity index (χ1) is 14.6. The molecular formula is C23H30FN5O. The highest BCUT2D eigenvalue weighted by Gasteiger charge is 2.31. The Balaban J connectivity index is 1.55.